The van der Waals surface area contributed by atoms with E-state index < -0.39 is 29.8 Å². The maximum atomic E-state index is 13.3. The molecule has 0 bridgehead atoms. The molecule has 2 aliphatic heterocycles. The molecule has 12 heteroatoms. The molecular formula is C25H25N5O7. The van der Waals surface area contributed by atoms with Crippen molar-refractivity contribution in [1.29, 1.82) is 0 Å². The van der Waals surface area contributed by atoms with Crippen molar-refractivity contribution >= 4 is 29.1 Å². The molecule has 0 unspecified atom stereocenters. The van der Waals surface area contributed by atoms with Crippen LogP contribution in [0.5, 0.6) is 0 Å². The highest BCUT2D eigenvalue weighted by Crippen LogP contribution is 2.27. The summed E-state index contributed by atoms with van der Waals surface area (Å²) in [5, 5.41) is 16.8. The van der Waals surface area contributed by atoms with Crippen molar-refractivity contribution in [3.8, 4) is 11.4 Å². The first kappa shape index (κ1) is 24.4. The molecule has 3 amide bonds. The van der Waals surface area contributed by atoms with Gasteiger partial charge in [0.1, 0.15) is 0 Å². The summed E-state index contributed by atoms with van der Waals surface area (Å²) in [5.41, 5.74) is 2.70. The first-order chi connectivity index (χ1) is 17.8. The zero-order valence-electron chi connectivity index (χ0n) is 20.0. The van der Waals surface area contributed by atoms with E-state index in [4.69, 9.17) is 4.74 Å². The molecule has 3 N–H and O–H groups in total. The van der Waals surface area contributed by atoms with Crippen LogP contribution in [0.1, 0.15) is 22.3 Å². The number of carbonyl (C=O) groups is 3. The third-order valence-corrected chi connectivity index (χ3v) is 6.43. The third kappa shape index (κ3) is 4.88. The molecule has 2 atom stereocenters. The number of aromatic amines is 1. The number of amides is 3. The lowest BCUT2D eigenvalue weighted by molar-refractivity contribution is -0.150. The van der Waals surface area contributed by atoms with E-state index in [0.717, 1.165) is 12.0 Å². The molecule has 2 aromatic carbocycles. The minimum absolute atomic E-state index is 0.0925. The molecule has 2 saturated heterocycles. The summed E-state index contributed by atoms with van der Waals surface area (Å²) in [6.45, 7) is 3.58. The Morgan fingerprint density at radius 1 is 1.14 bits per heavy atom. The summed E-state index contributed by atoms with van der Waals surface area (Å²) >= 11 is 0. The van der Waals surface area contributed by atoms with Gasteiger partial charge >= 0.3 is 5.76 Å². The first-order valence-corrected chi connectivity index (χ1v) is 11.8. The predicted octanol–water partition coefficient (Wildman–Crippen LogP) is 0.916. The summed E-state index contributed by atoms with van der Waals surface area (Å²) in [6.07, 6.45) is -2.21. The predicted molar refractivity (Wildman–Crippen MR) is 131 cm³/mol. The molecule has 0 spiro atoms. The van der Waals surface area contributed by atoms with Crippen LogP contribution in [0.3, 0.4) is 0 Å². The number of rotatable bonds is 6. The van der Waals surface area contributed by atoms with Gasteiger partial charge in [-0.25, -0.2) is 4.79 Å². The molecular weight excluding hydrogens is 482 g/mol. The second-order valence-corrected chi connectivity index (χ2v) is 8.88. The average molecular weight is 508 g/mol. The second kappa shape index (κ2) is 9.99. The number of likely N-dealkylation sites (tertiary alicyclic amines) is 1. The highest BCUT2D eigenvalue weighted by molar-refractivity contribution is 6.05. The number of aromatic nitrogens is 2. The summed E-state index contributed by atoms with van der Waals surface area (Å²) in [4.78, 5) is 55.4. The fourth-order valence-corrected chi connectivity index (χ4v) is 4.23. The number of aliphatic hydroxyl groups excluding tert-OH is 1. The number of anilines is 2. The quantitative estimate of drug-likeness (QED) is 0.444. The fraction of sp³-hybridized carbons (Fsp3) is 0.320. The first-order valence-electron chi connectivity index (χ1n) is 11.8. The van der Waals surface area contributed by atoms with Crippen molar-refractivity contribution in [1.82, 2.24) is 15.0 Å². The maximum absolute atomic E-state index is 13.3. The van der Waals surface area contributed by atoms with Crippen LogP contribution in [0, 0.1) is 6.92 Å². The van der Waals surface area contributed by atoms with E-state index in [1.165, 1.54) is 4.90 Å². The standard InChI is InChI=1S/C25H25N5O7/c1-14-3-4-16(23(33)29-9-2-10-29)13-18(14)30-11-12-36-20(24(30)34)19(31)22(32)26-17-7-5-15(6-8-17)21-27-25(35)37-28-21/h3-8,13,19-20,31H,2,9-12H2,1H3,(H,26,32)(H,27,28,35)/t19-,20-/m1/s1. The Bertz CT molecular complexity index is 1390. The van der Waals surface area contributed by atoms with Gasteiger partial charge in [0.2, 0.25) is 0 Å². The Morgan fingerprint density at radius 2 is 1.89 bits per heavy atom. The summed E-state index contributed by atoms with van der Waals surface area (Å²) in [6, 6.07) is 11.5. The van der Waals surface area contributed by atoms with Gasteiger partial charge in [-0.3, -0.25) is 23.9 Å². The Labute approximate surface area is 210 Å². The summed E-state index contributed by atoms with van der Waals surface area (Å²) < 4.78 is 9.97. The zero-order chi connectivity index (χ0) is 26.1. The minimum Gasteiger partial charge on any atom is -0.380 e. The Hall–Kier alpha value is -4.29. The van der Waals surface area contributed by atoms with E-state index in [1.54, 1.807) is 47.4 Å². The van der Waals surface area contributed by atoms with Crippen LogP contribution in [0.25, 0.3) is 11.4 Å². The van der Waals surface area contributed by atoms with Crippen LogP contribution in [0.4, 0.5) is 11.4 Å². The van der Waals surface area contributed by atoms with Gasteiger partial charge in [-0.1, -0.05) is 11.2 Å². The van der Waals surface area contributed by atoms with Crippen molar-refractivity contribution in [2.24, 2.45) is 0 Å². The molecule has 12 nitrogen and oxygen atoms in total. The molecule has 0 radical (unpaired) electrons. The fourth-order valence-electron chi connectivity index (χ4n) is 4.23. The largest absolute Gasteiger partial charge is 0.439 e. The van der Waals surface area contributed by atoms with Crippen LogP contribution >= 0.6 is 0 Å². The number of hydrogen-bond acceptors (Lipinski definition) is 8. The number of hydrogen-bond donors (Lipinski definition) is 3. The van der Waals surface area contributed by atoms with E-state index in [-0.39, 0.29) is 24.9 Å². The van der Waals surface area contributed by atoms with Crippen molar-refractivity contribution in [3.05, 3.63) is 64.1 Å². The van der Waals surface area contributed by atoms with Gasteiger partial charge in [0.25, 0.3) is 17.7 Å². The number of ether oxygens (including phenoxy) is 1. The van der Waals surface area contributed by atoms with Gasteiger partial charge in [0, 0.05) is 42.1 Å². The van der Waals surface area contributed by atoms with Crippen molar-refractivity contribution in [3.63, 3.8) is 0 Å². The van der Waals surface area contributed by atoms with Gasteiger partial charge in [0.05, 0.1) is 6.61 Å². The molecule has 0 saturated carbocycles. The Kier molecular flexibility index (Phi) is 6.59. The lowest BCUT2D eigenvalue weighted by Gasteiger charge is -2.35. The van der Waals surface area contributed by atoms with Crippen LogP contribution in [0.2, 0.25) is 0 Å². The lowest BCUT2D eigenvalue weighted by Crippen LogP contribution is -2.55. The van der Waals surface area contributed by atoms with Crippen molar-refractivity contribution in [2.75, 3.05) is 36.5 Å². The third-order valence-electron chi connectivity index (χ3n) is 6.43. The normalized spacial score (nSPS) is 18.3. The zero-order valence-corrected chi connectivity index (χ0v) is 20.0. The van der Waals surface area contributed by atoms with E-state index in [2.05, 4.69) is 20.0 Å². The number of H-pyrrole nitrogens is 1. The van der Waals surface area contributed by atoms with Gasteiger partial charge in [0.15, 0.2) is 18.0 Å². The molecule has 2 fully saturated rings. The molecule has 3 heterocycles. The highest BCUT2D eigenvalue weighted by Gasteiger charge is 2.40. The number of aliphatic hydroxyl groups is 1. The number of nitrogens with zero attached hydrogens (tertiary/aromatic N) is 3. The Morgan fingerprint density at radius 3 is 2.54 bits per heavy atom. The van der Waals surface area contributed by atoms with E-state index >= 15 is 0 Å². The maximum Gasteiger partial charge on any atom is 0.439 e. The van der Waals surface area contributed by atoms with Gasteiger partial charge in [-0.05, 0) is 55.3 Å². The average Bonchev–Trinajstić information content (AvgIpc) is 3.30. The van der Waals surface area contributed by atoms with Gasteiger partial charge in [-0.15, -0.1) is 0 Å². The van der Waals surface area contributed by atoms with Crippen LogP contribution in [-0.2, 0) is 14.3 Å². The second-order valence-electron chi connectivity index (χ2n) is 8.88. The molecule has 2 aliphatic rings. The van der Waals surface area contributed by atoms with E-state index in [9.17, 15) is 24.3 Å². The lowest BCUT2D eigenvalue weighted by atomic mass is 10.0. The van der Waals surface area contributed by atoms with Crippen LogP contribution in [0.15, 0.2) is 51.8 Å². The summed E-state index contributed by atoms with van der Waals surface area (Å²) in [7, 11) is 0. The molecule has 192 valence electrons. The van der Waals surface area contributed by atoms with Crippen LogP contribution < -0.4 is 16.0 Å². The smallest absolute Gasteiger partial charge is 0.380 e. The molecule has 5 rings (SSSR count). The number of nitrogens with one attached hydrogen (secondary N) is 2. The van der Waals surface area contributed by atoms with Crippen LogP contribution in [-0.4, -0.2) is 76.3 Å². The topological polar surface area (TPSA) is 158 Å². The monoisotopic (exact) mass is 507 g/mol. The number of benzene rings is 2. The number of morpholine rings is 1. The SMILES string of the molecule is Cc1ccc(C(=O)N2CCC2)cc1N1CCO[C@H]([C@@H](O)C(=O)Nc2ccc(-c3noc(=O)[nH]3)cc2)C1=O. The van der Waals surface area contributed by atoms with E-state index in [0.29, 0.717) is 35.6 Å². The van der Waals surface area contributed by atoms with Gasteiger partial charge < -0.3 is 25.0 Å². The highest BCUT2D eigenvalue weighted by atomic mass is 16.5. The van der Waals surface area contributed by atoms with E-state index in [1.807, 2.05) is 6.92 Å². The van der Waals surface area contributed by atoms with Crippen molar-refractivity contribution in [2.45, 2.75) is 25.6 Å². The number of aryl methyl sites for hydroxylation is 1. The summed E-state index contributed by atoms with van der Waals surface area (Å²) in [5.74, 6) is -1.94. The molecule has 1 aromatic heterocycles. The molecule has 37 heavy (non-hydrogen) atoms. The minimum atomic E-state index is -1.77. The molecule has 0 aliphatic carbocycles. The van der Waals surface area contributed by atoms with Crippen molar-refractivity contribution < 1.29 is 28.8 Å². The molecule has 3 aromatic rings. The number of carbonyl (C=O) groups excluding carboxylic acids is 3. The van der Waals surface area contributed by atoms with Gasteiger partial charge in [-0.2, -0.15) is 0 Å². The Balaban J connectivity index is 1.28.